The molecule has 5 heteroatoms. The van der Waals surface area contributed by atoms with Gasteiger partial charge in [-0.1, -0.05) is 23.7 Å². The smallest absolute Gasteiger partial charge is 0.314 e. The SMILES string of the molecule is Cc1cccc(Cl)c1NC1CCN(C(N)=O)CC1. The van der Waals surface area contributed by atoms with E-state index in [-0.39, 0.29) is 6.03 Å². The van der Waals surface area contributed by atoms with Gasteiger partial charge in [0.15, 0.2) is 0 Å². The van der Waals surface area contributed by atoms with Crippen molar-refractivity contribution in [2.75, 3.05) is 18.4 Å². The molecule has 0 saturated carbocycles. The first kappa shape index (κ1) is 13.0. The maximum absolute atomic E-state index is 11.0. The summed E-state index contributed by atoms with van der Waals surface area (Å²) in [5, 5.41) is 4.21. The Morgan fingerprint density at radius 3 is 2.67 bits per heavy atom. The number of urea groups is 1. The minimum absolute atomic E-state index is 0.331. The number of hydrogen-bond donors (Lipinski definition) is 2. The number of likely N-dealkylation sites (tertiary alicyclic amines) is 1. The summed E-state index contributed by atoms with van der Waals surface area (Å²) in [6.45, 7) is 3.44. The van der Waals surface area contributed by atoms with Crippen LogP contribution in [0.5, 0.6) is 0 Å². The first-order valence-corrected chi connectivity index (χ1v) is 6.51. The van der Waals surface area contributed by atoms with E-state index in [1.165, 1.54) is 0 Å². The van der Waals surface area contributed by atoms with E-state index < -0.39 is 0 Å². The van der Waals surface area contributed by atoms with Gasteiger partial charge >= 0.3 is 6.03 Å². The Morgan fingerprint density at radius 2 is 2.11 bits per heavy atom. The van der Waals surface area contributed by atoms with Crippen molar-refractivity contribution in [2.24, 2.45) is 5.73 Å². The zero-order valence-electron chi connectivity index (χ0n) is 10.4. The number of anilines is 1. The molecule has 0 unspecified atom stereocenters. The first-order valence-electron chi connectivity index (χ1n) is 6.14. The number of para-hydroxylation sites is 1. The zero-order chi connectivity index (χ0) is 13.1. The number of benzene rings is 1. The highest BCUT2D eigenvalue weighted by molar-refractivity contribution is 6.33. The molecule has 98 valence electrons. The van der Waals surface area contributed by atoms with Crippen LogP contribution in [0, 0.1) is 6.92 Å². The zero-order valence-corrected chi connectivity index (χ0v) is 11.2. The van der Waals surface area contributed by atoms with Gasteiger partial charge in [0.2, 0.25) is 0 Å². The second kappa shape index (κ2) is 5.48. The summed E-state index contributed by atoms with van der Waals surface area (Å²) in [7, 11) is 0. The van der Waals surface area contributed by atoms with Crippen molar-refractivity contribution in [2.45, 2.75) is 25.8 Å². The van der Waals surface area contributed by atoms with E-state index in [4.69, 9.17) is 17.3 Å². The number of carbonyl (C=O) groups is 1. The number of carbonyl (C=O) groups excluding carboxylic acids is 1. The summed E-state index contributed by atoms with van der Waals surface area (Å²) in [4.78, 5) is 12.7. The Labute approximate surface area is 112 Å². The Balaban J connectivity index is 1.98. The van der Waals surface area contributed by atoms with E-state index in [1.54, 1.807) is 4.90 Å². The molecule has 1 aromatic carbocycles. The van der Waals surface area contributed by atoms with E-state index in [0.717, 1.165) is 29.1 Å². The second-order valence-electron chi connectivity index (χ2n) is 4.68. The molecule has 0 aromatic heterocycles. The number of amides is 2. The molecular formula is C13H18ClN3O. The molecule has 1 heterocycles. The fraction of sp³-hybridized carbons (Fsp3) is 0.462. The first-order chi connectivity index (χ1) is 8.58. The number of nitrogens with two attached hydrogens (primary N) is 1. The number of piperidine rings is 1. The molecule has 1 aliphatic heterocycles. The van der Waals surface area contributed by atoms with Crippen LogP contribution in [-0.4, -0.2) is 30.1 Å². The van der Waals surface area contributed by atoms with Gasteiger partial charge in [-0.3, -0.25) is 0 Å². The average molecular weight is 268 g/mol. The maximum atomic E-state index is 11.0. The van der Waals surface area contributed by atoms with Crippen molar-refractivity contribution in [1.82, 2.24) is 4.90 Å². The lowest BCUT2D eigenvalue weighted by atomic mass is 10.0. The van der Waals surface area contributed by atoms with E-state index >= 15 is 0 Å². The monoisotopic (exact) mass is 267 g/mol. The number of nitrogens with zero attached hydrogens (tertiary/aromatic N) is 1. The molecule has 2 amide bonds. The van der Waals surface area contributed by atoms with E-state index in [1.807, 2.05) is 25.1 Å². The molecule has 0 aliphatic carbocycles. The topological polar surface area (TPSA) is 58.4 Å². The molecule has 1 fully saturated rings. The van der Waals surface area contributed by atoms with Crippen LogP contribution >= 0.6 is 11.6 Å². The van der Waals surface area contributed by atoms with Crippen LogP contribution in [0.25, 0.3) is 0 Å². The van der Waals surface area contributed by atoms with Gasteiger partial charge in [-0.2, -0.15) is 0 Å². The Kier molecular flexibility index (Phi) is 3.97. The third kappa shape index (κ3) is 2.88. The molecule has 0 atom stereocenters. The highest BCUT2D eigenvalue weighted by atomic mass is 35.5. The van der Waals surface area contributed by atoms with Gasteiger partial charge in [0.05, 0.1) is 10.7 Å². The number of primary amides is 1. The van der Waals surface area contributed by atoms with Crippen molar-refractivity contribution in [1.29, 1.82) is 0 Å². The van der Waals surface area contributed by atoms with Gasteiger partial charge in [-0.05, 0) is 31.4 Å². The van der Waals surface area contributed by atoms with Gasteiger partial charge < -0.3 is 16.0 Å². The molecule has 1 aliphatic rings. The summed E-state index contributed by atoms with van der Waals surface area (Å²) < 4.78 is 0. The Morgan fingerprint density at radius 1 is 1.44 bits per heavy atom. The van der Waals surface area contributed by atoms with Gasteiger partial charge in [-0.15, -0.1) is 0 Å². The summed E-state index contributed by atoms with van der Waals surface area (Å²) in [6.07, 6.45) is 1.79. The van der Waals surface area contributed by atoms with E-state index in [2.05, 4.69) is 5.32 Å². The number of nitrogens with one attached hydrogen (secondary N) is 1. The number of hydrogen-bond acceptors (Lipinski definition) is 2. The molecule has 18 heavy (non-hydrogen) atoms. The van der Waals surface area contributed by atoms with Crippen LogP contribution in [0.2, 0.25) is 5.02 Å². The lowest BCUT2D eigenvalue weighted by Crippen LogP contribution is -2.44. The minimum atomic E-state index is -0.331. The van der Waals surface area contributed by atoms with E-state index in [0.29, 0.717) is 19.1 Å². The standard InChI is InChI=1S/C13H18ClN3O/c1-9-3-2-4-11(14)12(9)16-10-5-7-17(8-6-10)13(15)18/h2-4,10,16H,5-8H2,1H3,(H2,15,18). The molecule has 0 spiro atoms. The minimum Gasteiger partial charge on any atom is -0.381 e. The van der Waals surface area contributed by atoms with Crippen LogP contribution in [0.15, 0.2) is 18.2 Å². The van der Waals surface area contributed by atoms with Crippen molar-refractivity contribution >= 4 is 23.3 Å². The largest absolute Gasteiger partial charge is 0.381 e. The number of rotatable bonds is 2. The van der Waals surface area contributed by atoms with Gasteiger partial charge in [0, 0.05) is 19.1 Å². The lowest BCUT2D eigenvalue weighted by Gasteiger charge is -2.32. The van der Waals surface area contributed by atoms with Gasteiger partial charge in [-0.25, -0.2) is 4.79 Å². The van der Waals surface area contributed by atoms with Gasteiger partial charge in [0.25, 0.3) is 0 Å². The molecule has 2 rings (SSSR count). The summed E-state index contributed by atoms with van der Waals surface area (Å²) in [6, 6.07) is 5.88. The quantitative estimate of drug-likeness (QED) is 0.865. The maximum Gasteiger partial charge on any atom is 0.314 e. The fourth-order valence-electron chi connectivity index (χ4n) is 2.26. The normalized spacial score (nSPS) is 16.7. The number of halogens is 1. The van der Waals surface area contributed by atoms with Crippen LogP contribution in [0.4, 0.5) is 10.5 Å². The van der Waals surface area contributed by atoms with Crippen LogP contribution in [0.3, 0.4) is 0 Å². The summed E-state index contributed by atoms with van der Waals surface area (Å²) in [5.74, 6) is 0. The summed E-state index contributed by atoms with van der Waals surface area (Å²) in [5.41, 5.74) is 7.39. The molecule has 3 N–H and O–H groups in total. The highest BCUT2D eigenvalue weighted by Gasteiger charge is 2.21. The van der Waals surface area contributed by atoms with Crippen molar-refractivity contribution in [3.63, 3.8) is 0 Å². The Bertz CT molecular complexity index is 422. The third-order valence-electron chi connectivity index (χ3n) is 3.38. The van der Waals surface area contributed by atoms with Crippen LogP contribution in [-0.2, 0) is 0 Å². The second-order valence-corrected chi connectivity index (χ2v) is 5.08. The van der Waals surface area contributed by atoms with Crippen LogP contribution in [0.1, 0.15) is 18.4 Å². The predicted octanol–water partition coefficient (Wildman–Crippen LogP) is 2.60. The molecule has 0 radical (unpaired) electrons. The Hall–Kier alpha value is -1.42. The van der Waals surface area contributed by atoms with Gasteiger partial charge in [0.1, 0.15) is 0 Å². The van der Waals surface area contributed by atoms with Crippen molar-refractivity contribution in [3.8, 4) is 0 Å². The molecular weight excluding hydrogens is 250 g/mol. The molecule has 0 bridgehead atoms. The molecule has 4 nitrogen and oxygen atoms in total. The number of aryl methyl sites for hydroxylation is 1. The summed E-state index contributed by atoms with van der Waals surface area (Å²) >= 11 is 6.18. The molecule has 1 aromatic rings. The van der Waals surface area contributed by atoms with Crippen molar-refractivity contribution in [3.05, 3.63) is 28.8 Å². The average Bonchev–Trinajstić information content (AvgIpc) is 2.34. The highest BCUT2D eigenvalue weighted by Crippen LogP contribution is 2.27. The van der Waals surface area contributed by atoms with Crippen molar-refractivity contribution < 1.29 is 4.79 Å². The molecule has 1 saturated heterocycles. The van der Waals surface area contributed by atoms with E-state index in [9.17, 15) is 4.79 Å². The predicted molar refractivity (Wildman–Crippen MR) is 74.0 cm³/mol. The lowest BCUT2D eigenvalue weighted by molar-refractivity contribution is 0.193. The fourth-order valence-corrected chi connectivity index (χ4v) is 2.54. The third-order valence-corrected chi connectivity index (χ3v) is 3.69. The van der Waals surface area contributed by atoms with Crippen LogP contribution < -0.4 is 11.1 Å².